The van der Waals surface area contributed by atoms with E-state index < -0.39 is 6.10 Å². The molecule has 0 aliphatic heterocycles. The molecular weight excluding hydrogens is 394 g/mol. The molecule has 3 aromatic rings. The Bertz CT molecular complexity index is 1020. The second-order valence-corrected chi connectivity index (χ2v) is 7.15. The molecule has 0 saturated carbocycles. The van der Waals surface area contributed by atoms with Gasteiger partial charge in [0.05, 0.1) is 18.9 Å². The first-order valence-corrected chi connectivity index (χ1v) is 9.96. The van der Waals surface area contributed by atoms with E-state index in [1.54, 1.807) is 19.2 Å². The van der Waals surface area contributed by atoms with Crippen molar-refractivity contribution in [3.8, 4) is 22.6 Å². The fraction of sp³-hybridized carbons (Fsp3) is 0.208. The number of hydrogen-bond donors (Lipinski definition) is 5. The Morgan fingerprint density at radius 2 is 1.81 bits per heavy atom. The third-order valence-corrected chi connectivity index (χ3v) is 5.10. The molecule has 0 aromatic heterocycles. The van der Waals surface area contributed by atoms with Gasteiger partial charge in [0, 0.05) is 12.2 Å². The van der Waals surface area contributed by atoms with Crippen LogP contribution in [0.25, 0.3) is 11.1 Å². The van der Waals surface area contributed by atoms with E-state index in [-0.39, 0.29) is 11.4 Å². The van der Waals surface area contributed by atoms with Crippen molar-refractivity contribution in [1.82, 2.24) is 5.32 Å². The monoisotopic (exact) mass is 421 g/mol. The molecule has 0 radical (unpaired) electrons. The third-order valence-electron chi connectivity index (χ3n) is 5.10. The third kappa shape index (κ3) is 5.75. The van der Waals surface area contributed by atoms with Crippen LogP contribution >= 0.6 is 0 Å². The van der Waals surface area contributed by atoms with Gasteiger partial charge in [-0.3, -0.25) is 4.79 Å². The number of ether oxygens (including phenoxy) is 1. The van der Waals surface area contributed by atoms with E-state index in [0.717, 1.165) is 34.5 Å². The molecule has 3 rings (SSSR count). The van der Waals surface area contributed by atoms with E-state index in [1.807, 2.05) is 42.5 Å². The number of nitrogen functional groups attached to an aromatic ring is 1. The van der Waals surface area contributed by atoms with Gasteiger partial charge in [0.25, 0.3) is 0 Å². The summed E-state index contributed by atoms with van der Waals surface area (Å²) in [6, 6.07) is 18.5. The maximum Gasteiger partial charge on any atom is 0.211 e. The second kappa shape index (κ2) is 10.5. The van der Waals surface area contributed by atoms with Gasteiger partial charge >= 0.3 is 0 Å². The van der Waals surface area contributed by atoms with Gasteiger partial charge in [0.1, 0.15) is 11.5 Å². The Kier molecular flexibility index (Phi) is 7.48. The van der Waals surface area contributed by atoms with Crippen LogP contribution < -0.4 is 21.1 Å². The van der Waals surface area contributed by atoms with Crippen LogP contribution in [0.15, 0.2) is 60.7 Å². The molecule has 31 heavy (non-hydrogen) atoms. The summed E-state index contributed by atoms with van der Waals surface area (Å²) in [6.45, 7) is 0.968. The Labute approximate surface area is 181 Å². The topological polar surface area (TPSA) is 117 Å². The van der Waals surface area contributed by atoms with Crippen LogP contribution in [0.4, 0.5) is 11.4 Å². The lowest BCUT2D eigenvalue weighted by molar-refractivity contribution is -0.105. The predicted octanol–water partition coefficient (Wildman–Crippen LogP) is 3.08. The summed E-state index contributed by atoms with van der Waals surface area (Å²) in [7, 11) is 1.64. The molecule has 0 fully saturated rings. The highest BCUT2D eigenvalue weighted by Crippen LogP contribution is 2.27. The van der Waals surface area contributed by atoms with Crippen LogP contribution in [0.1, 0.15) is 17.2 Å². The fourth-order valence-electron chi connectivity index (χ4n) is 3.31. The van der Waals surface area contributed by atoms with E-state index in [0.29, 0.717) is 25.1 Å². The number of aliphatic hydroxyl groups excluding tert-OH is 1. The number of benzene rings is 3. The molecule has 0 bridgehead atoms. The predicted molar refractivity (Wildman–Crippen MR) is 122 cm³/mol. The molecule has 6 N–H and O–H groups in total. The Morgan fingerprint density at radius 1 is 1.06 bits per heavy atom. The SMILES string of the molecule is COc1ccc(-c2ccc(CCNCC(O)c3ccc(O)c(NC=O)c3)c(N)c2)cc1. The standard InChI is InChI=1S/C24H27N3O4/c1-31-20-7-4-16(5-8-20)18-3-2-17(21(25)12-18)10-11-26-14-24(30)19-6-9-23(29)22(13-19)27-15-28/h2-9,12-13,15,24,26,29-30H,10-11,14,25H2,1H3,(H,27,28). The van der Waals surface area contributed by atoms with Crippen LogP contribution in [0.3, 0.4) is 0 Å². The van der Waals surface area contributed by atoms with Crippen LogP contribution in [0, 0.1) is 0 Å². The first-order chi connectivity index (χ1) is 15.0. The minimum atomic E-state index is -0.775. The quantitative estimate of drug-likeness (QED) is 0.149. The van der Waals surface area contributed by atoms with Crippen molar-refractivity contribution in [1.29, 1.82) is 0 Å². The zero-order chi connectivity index (χ0) is 22.2. The lowest BCUT2D eigenvalue weighted by Crippen LogP contribution is -2.24. The second-order valence-electron chi connectivity index (χ2n) is 7.15. The molecule has 1 unspecified atom stereocenters. The highest BCUT2D eigenvalue weighted by atomic mass is 16.5. The lowest BCUT2D eigenvalue weighted by Gasteiger charge is -2.14. The maximum atomic E-state index is 10.6. The van der Waals surface area contributed by atoms with E-state index in [9.17, 15) is 15.0 Å². The summed E-state index contributed by atoms with van der Waals surface area (Å²) >= 11 is 0. The van der Waals surface area contributed by atoms with Crippen LogP contribution in [-0.4, -0.2) is 36.8 Å². The number of methoxy groups -OCH3 is 1. The van der Waals surface area contributed by atoms with Gasteiger partial charge < -0.3 is 31.3 Å². The molecule has 0 spiro atoms. The lowest BCUT2D eigenvalue weighted by atomic mass is 10.0. The van der Waals surface area contributed by atoms with E-state index in [1.165, 1.54) is 6.07 Å². The molecule has 0 heterocycles. The average Bonchev–Trinajstić information content (AvgIpc) is 2.79. The minimum absolute atomic E-state index is 0.0513. The molecule has 0 aliphatic carbocycles. The normalized spacial score (nSPS) is 11.7. The fourth-order valence-corrected chi connectivity index (χ4v) is 3.31. The molecule has 0 aliphatic rings. The first-order valence-electron chi connectivity index (χ1n) is 9.96. The summed E-state index contributed by atoms with van der Waals surface area (Å²) in [5.41, 5.74) is 11.0. The number of phenols is 1. The van der Waals surface area contributed by atoms with Gasteiger partial charge in [-0.25, -0.2) is 0 Å². The van der Waals surface area contributed by atoms with Gasteiger partial charge in [-0.1, -0.05) is 30.3 Å². The Hall–Kier alpha value is -3.55. The van der Waals surface area contributed by atoms with Gasteiger partial charge in [-0.2, -0.15) is 0 Å². The molecule has 1 amide bonds. The van der Waals surface area contributed by atoms with Crippen molar-refractivity contribution in [2.24, 2.45) is 0 Å². The largest absolute Gasteiger partial charge is 0.506 e. The zero-order valence-corrected chi connectivity index (χ0v) is 17.3. The molecule has 7 nitrogen and oxygen atoms in total. The molecule has 162 valence electrons. The molecule has 1 atom stereocenters. The number of amides is 1. The number of carbonyl (C=O) groups is 1. The van der Waals surface area contributed by atoms with Crippen LogP contribution in [-0.2, 0) is 11.2 Å². The first kappa shape index (κ1) is 22.1. The summed E-state index contributed by atoms with van der Waals surface area (Å²) in [6.07, 6.45) is 0.422. The number of nitrogens with two attached hydrogens (primary N) is 1. The maximum absolute atomic E-state index is 10.6. The van der Waals surface area contributed by atoms with Crippen molar-refractivity contribution in [3.05, 3.63) is 71.8 Å². The van der Waals surface area contributed by atoms with Crippen molar-refractivity contribution >= 4 is 17.8 Å². The Balaban J connectivity index is 1.53. The highest BCUT2D eigenvalue weighted by molar-refractivity contribution is 5.75. The number of hydrogen-bond acceptors (Lipinski definition) is 6. The van der Waals surface area contributed by atoms with E-state index >= 15 is 0 Å². The number of nitrogens with one attached hydrogen (secondary N) is 2. The minimum Gasteiger partial charge on any atom is -0.506 e. The number of anilines is 2. The van der Waals surface area contributed by atoms with Gasteiger partial charge in [0.2, 0.25) is 6.41 Å². The Morgan fingerprint density at radius 3 is 2.48 bits per heavy atom. The van der Waals surface area contributed by atoms with Crippen molar-refractivity contribution in [2.45, 2.75) is 12.5 Å². The molecular formula is C24H27N3O4. The number of rotatable bonds is 10. The van der Waals surface area contributed by atoms with Crippen molar-refractivity contribution < 1.29 is 19.7 Å². The molecule has 7 heteroatoms. The molecule has 0 saturated heterocycles. The highest BCUT2D eigenvalue weighted by Gasteiger charge is 2.11. The average molecular weight is 421 g/mol. The number of aromatic hydroxyl groups is 1. The van der Waals surface area contributed by atoms with Gasteiger partial charge in [0.15, 0.2) is 0 Å². The van der Waals surface area contributed by atoms with E-state index in [4.69, 9.17) is 10.5 Å². The molecule has 3 aromatic carbocycles. The number of phenolic OH excluding ortho intramolecular Hbond substituents is 1. The van der Waals surface area contributed by atoms with Crippen molar-refractivity contribution in [3.63, 3.8) is 0 Å². The van der Waals surface area contributed by atoms with Crippen LogP contribution in [0.5, 0.6) is 11.5 Å². The summed E-state index contributed by atoms with van der Waals surface area (Å²) < 4.78 is 5.19. The number of aliphatic hydroxyl groups is 1. The summed E-state index contributed by atoms with van der Waals surface area (Å²) in [5.74, 6) is 0.759. The smallest absolute Gasteiger partial charge is 0.211 e. The summed E-state index contributed by atoms with van der Waals surface area (Å²) in [4.78, 5) is 10.6. The van der Waals surface area contributed by atoms with Crippen LogP contribution in [0.2, 0.25) is 0 Å². The zero-order valence-electron chi connectivity index (χ0n) is 17.3. The van der Waals surface area contributed by atoms with Gasteiger partial charge in [-0.15, -0.1) is 0 Å². The van der Waals surface area contributed by atoms with Gasteiger partial charge in [-0.05, 0) is 65.6 Å². The number of carbonyl (C=O) groups excluding carboxylic acids is 1. The summed E-state index contributed by atoms with van der Waals surface area (Å²) in [5, 5.41) is 25.7. The van der Waals surface area contributed by atoms with E-state index in [2.05, 4.69) is 10.6 Å². The van der Waals surface area contributed by atoms with Crippen molar-refractivity contribution in [2.75, 3.05) is 31.2 Å².